The van der Waals surface area contributed by atoms with Crippen molar-refractivity contribution in [2.75, 3.05) is 12.9 Å². The number of sulfone groups is 1. The van der Waals surface area contributed by atoms with Gasteiger partial charge in [-0.25, -0.2) is 17.6 Å². The number of rotatable bonds is 5. The lowest BCUT2D eigenvalue weighted by atomic mass is 10.2. The van der Waals surface area contributed by atoms with Crippen LogP contribution in [-0.4, -0.2) is 38.7 Å². The summed E-state index contributed by atoms with van der Waals surface area (Å²) in [4.78, 5) is 11.3. The lowest BCUT2D eigenvalue weighted by Gasteiger charge is -2.18. The van der Waals surface area contributed by atoms with Gasteiger partial charge in [-0.05, 0) is 12.1 Å². The van der Waals surface area contributed by atoms with E-state index in [1.807, 2.05) is 0 Å². The second kappa shape index (κ2) is 5.60. The van der Waals surface area contributed by atoms with Crippen LogP contribution in [0, 0.1) is 0 Å². The van der Waals surface area contributed by atoms with Gasteiger partial charge >= 0.3 is 11.2 Å². The predicted octanol–water partition coefficient (Wildman–Crippen LogP) is 1.82. The molecule has 0 aliphatic carbocycles. The predicted molar refractivity (Wildman–Crippen MR) is 61.4 cm³/mol. The zero-order valence-electron chi connectivity index (χ0n) is 9.85. The summed E-state index contributed by atoms with van der Waals surface area (Å²) in [6.45, 7) is -1.34. The third-order valence-electron chi connectivity index (χ3n) is 2.23. The third kappa shape index (κ3) is 3.69. The average molecular weight is 296 g/mol. The Morgan fingerprint density at radius 3 is 2.32 bits per heavy atom. The topological polar surface area (TPSA) is 60.4 Å². The van der Waals surface area contributed by atoms with Crippen LogP contribution in [0.25, 0.3) is 0 Å². The van der Waals surface area contributed by atoms with Gasteiger partial charge in [0.15, 0.2) is 0 Å². The summed E-state index contributed by atoms with van der Waals surface area (Å²) in [6, 6.07) is 7.34. The summed E-state index contributed by atoms with van der Waals surface area (Å²) in [5, 5.41) is -4.59. The first-order valence-corrected chi connectivity index (χ1v) is 6.99. The van der Waals surface area contributed by atoms with Gasteiger partial charge in [0.2, 0.25) is 16.0 Å². The van der Waals surface area contributed by atoms with E-state index in [0.29, 0.717) is 0 Å². The molecule has 1 aromatic rings. The number of hydrogen-bond acceptors (Lipinski definition) is 4. The van der Waals surface area contributed by atoms with E-state index >= 15 is 0 Å². The molecule has 0 saturated heterocycles. The Morgan fingerprint density at radius 2 is 1.84 bits per heavy atom. The Kier molecular flexibility index (Phi) is 4.56. The molecule has 1 unspecified atom stereocenters. The maximum atomic E-state index is 13.1. The van der Waals surface area contributed by atoms with E-state index in [1.54, 1.807) is 6.07 Å². The average Bonchev–Trinajstić information content (AvgIpc) is 2.35. The largest absolute Gasteiger partial charge is 0.459 e. The molecule has 0 saturated carbocycles. The molecule has 0 heterocycles. The lowest BCUT2D eigenvalue weighted by molar-refractivity contribution is -0.0304. The van der Waals surface area contributed by atoms with Gasteiger partial charge in [-0.2, -0.15) is 8.78 Å². The van der Waals surface area contributed by atoms with Crippen LogP contribution in [0.15, 0.2) is 30.3 Å². The molecule has 1 rings (SSSR count). The number of ether oxygens (including phenoxy) is 1. The maximum Gasteiger partial charge on any atom is 0.378 e. The van der Waals surface area contributed by atoms with Crippen molar-refractivity contribution in [2.24, 2.45) is 0 Å². The van der Waals surface area contributed by atoms with E-state index in [1.165, 1.54) is 24.3 Å². The van der Waals surface area contributed by atoms with Crippen LogP contribution in [-0.2, 0) is 14.6 Å². The van der Waals surface area contributed by atoms with Gasteiger partial charge in [-0.15, -0.1) is 0 Å². The summed E-state index contributed by atoms with van der Waals surface area (Å²) in [7, 11) is -4.91. The Bertz CT molecular complexity index is 542. The van der Waals surface area contributed by atoms with Crippen LogP contribution < -0.4 is 0 Å². The number of halogens is 3. The van der Waals surface area contributed by atoms with Crippen molar-refractivity contribution < 1.29 is 31.1 Å². The minimum Gasteiger partial charge on any atom is -0.459 e. The first-order valence-electron chi connectivity index (χ1n) is 5.10. The highest BCUT2D eigenvalue weighted by Crippen LogP contribution is 2.27. The lowest BCUT2D eigenvalue weighted by Crippen LogP contribution is -2.41. The molecule has 19 heavy (non-hydrogen) atoms. The summed E-state index contributed by atoms with van der Waals surface area (Å²) < 4.78 is 64.9. The molecule has 0 radical (unpaired) electrons. The number of esters is 1. The monoisotopic (exact) mass is 296 g/mol. The summed E-state index contributed by atoms with van der Waals surface area (Å²) in [6.07, 6.45) is -2.91. The molecule has 0 spiro atoms. The number of benzene rings is 1. The second-order valence-corrected chi connectivity index (χ2v) is 5.85. The zero-order chi connectivity index (χ0) is 14.7. The van der Waals surface area contributed by atoms with Crippen molar-refractivity contribution in [1.29, 1.82) is 0 Å². The van der Waals surface area contributed by atoms with Crippen LogP contribution >= 0.6 is 0 Å². The van der Waals surface area contributed by atoms with Crippen molar-refractivity contribution in [3.63, 3.8) is 0 Å². The van der Waals surface area contributed by atoms with E-state index in [-0.39, 0.29) is 11.8 Å². The van der Waals surface area contributed by atoms with E-state index in [2.05, 4.69) is 4.74 Å². The maximum absolute atomic E-state index is 13.1. The molecule has 0 bridgehead atoms. The van der Waals surface area contributed by atoms with Crippen molar-refractivity contribution in [1.82, 2.24) is 0 Å². The fourth-order valence-electron chi connectivity index (χ4n) is 1.14. The molecular weight excluding hydrogens is 285 g/mol. The fraction of sp³-hybridized carbons (Fsp3) is 0.364. The van der Waals surface area contributed by atoms with Crippen molar-refractivity contribution in [3.05, 3.63) is 35.9 Å². The van der Waals surface area contributed by atoms with Crippen LogP contribution in [0.4, 0.5) is 13.2 Å². The van der Waals surface area contributed by atoms with Crippen LogP contribution in [0.3, 0.4) is 0 Å². The molecule has 0 N–H and O–H groups in total. The highest BCUT2D eigenvalue weighted by Gasteiger charge is 2.50. The van der Waals surface area contributed by atoms with Gasteiger partial charge in [-0.1, -0.05) is 18.2 Å². The molecule has 0 aliphatic rings. The Morgan fingerprint density at radius 1 is 1.32 bits per heavy atom. The number of hydrogen-bond donors (Lipinski definition) is 0. The molecule has 0 fully saturated rings. The third-order valence-corrected chi connectivity index (χ3v) is 3.47. The second-order valence-electron chi connectivity index (χ2n) is 3.77. The number of carbonyl (C=O) groups is 1. The Hall–Kier alpha value is -1.57. The highest BCUT2D eigenvalue weighted by molar-refractivity contribution is 7.91. The molecule has 0 aliphatic heterocycles. The fourth-order valence-corrected chi connectivity index (χ4v) is 1.67. The van der Waals surface area contributed by atoms with Gasteiger partial charge < -0.3 is 4.74 Å². The molecule has 4 nitrogen and oxygen atoms in total. The van der Waals surface area contributed by atoms with E-state index in [9.17, 15) is 26.4 Å². The van der Waals surface area contributed by atoms with Gasteiger partial charge in [-0.3, -0.25) is 0 Å². The molecule has 0 aromatic heterocycles. The van der Waals surface area contributed by atoms with Gasteiger partial charge in [0, 0.05) is 6.26 Å². The molecule has 0 amide bonds. The highest BCUT2D eigenvalue weighted by atomic mass is 32.2. The number of alkyl halides is 3. The standard InChI is InChI=1S/C11H11F3O4S/c1-19(16,17)11(13,14)9(12)7-18-10(15)8-5-3-2-4-6-8/h2-6,9H,7H2,1H3. The Labute approximate surface area is 108 Å². The van der Waals surface area contributed by atoms with E-state index in [0.717, 1.165) is 0 Å². The van der Waals surface area contributed by atoms with Crippen LogP contribution in [0.5, 0.6) is 0 Å². The SMILES string of the molecule is CS(=O)(=O)C(F)(F)C(F)COC(=O)c1ccccc1. The summed E-state index contributed by atoms with van der Waals surface area (Å²) in [5.41, 5.74) is 0.0531. The summed E-state index contributed by atoms with van der Waals surface area (Å²) >= 11 is 0. The minimum atomic E-state index is -4.91. The molecule has 106 valence electrons. The minimum absolute atomic E-state index is 0.0531. The molecular formula is C11H11F3O4S. The first kappa shape index (κ1) is 15.5. The van der Waals surface area contributed by atoms with Crippen molar-refractivity contribution >= 4 is 15.8 Å². The van der Waals surface area contributed by atoms with Crippen molar-refractivity contribution in [2.45, 2.75) is 11.4 Å². The van der Waals surface area contributed by atoms with E-state index < -0.39 is 33.8 Å². The normalized spacial score (nSPS) is 13.9. The quantitative estimate of drug-likeness (QED) is 0.778. The molecule has 1 atom stereocenters. The van der Waals surface area contributed by atoms with Crippen molar-refractivity contribution in [3.8, 4) is 0 Å². The van der Waals surface area contributed by atoms with E-state index in [4.69, 9.17) is 0 Å². The molecule has 8 heteroatoms. The first-order chi connectivity index (χ1) is 8.66. The Balaban J connectivity index is 2.66. The van der Waals surface area contributed by atoms with Gasteiger partial charge in [0.05, 0.1) is 5.56 Å². The van der Waals surface area contributed by atoms with Crippen LogP contribution in [0.2, 0.25) is 0 Å². The van der Waals surface area contributed by atoms with Gasteiger partial charge in [0.25, 0.3) is 0 Å². The van der Waals surface area contributed by atoms with Crippen LogP contribution in [0.1, 0.15) is 10.4 Å². The zero-order valence-corrected chi connectivity index (χ0v) is 10.7. The molecule has 1 aromatic carbocycles. The number of carbonyl (C=O) groups excluding carboxylic acids is 1. The van der Waals surface area contributed by atoms with Gasteiger partial charge in [0.1, 0.15) is 6.61 Å². The summed E-state index contributed by atoms with van der Waals surface area (Å²) in [5.74, 6) is -1.01. The smallest absolute Gasteiger partial charge is 0.378 e.